The maximum atomic E-state index is 14.1. The van der Waals surface area contributed by atoms with Crippen molar-refractivity contribution in [3.63, 3.8) is 0 Å². The molecule has 0 fully saturated rings. The van der Waals surface area contributed by atoms with Crippen molar-refractivity contribution in [2.45, 2.75) is 6.61 Å². The van der Waals surface area contributed by atoms with Crippen LogP contribution in [0.25, 0.3) is 11.1 Å². The van der Waals surface area contributed by atoms with E-state index < -0.39 is 7.12 Å². The van der Waals surface area contributed by atoms with Gasteiger partial charge < -0.3 is 9.68 Å². The lowest BCUT2D eigenvalue weighted by atomic mass is 9.78. The minimum atomic E-state index is -1.00. The van der Waals surface area contributed by atoms with Crippen molar-refractivity contribution in [3.8, 4) is 11.1 Å². The molecule has 0 atom stereocenters. The number of hydrogen-bond donors (Lipinski definition) is 1. The Kier molecular flexibility index (Phi) is 3.27. The van der Waals surface area contributed by atoms with Crippen molar-refractivity contribution in [3.05, 3.63) is 51.8 Å². The van der Waals surface area contributed by atoms with E-state index in [1.807, 2.05) is 0 Å². The van der Waals surface area contributed by atoms with Crippen LogP contribution in [-0.4, -0.2) is 12.1 Å². The summed E-state index contributed by atoms with van der Waals surface area (Å²) in [6, 6.07) is 7.85. The Balaban J connectivity index is 2.15. The van der Waals surface area contributed by atoms with Gasteiger partial charge in [0.1, 0.15) is 5.82 Å². The molecule has 1 N–H and O–H groups in total. The predicted molar refractivity (Wildman–Crippen MR) is 74.3 cm³/mol. The zero-order valence-corrected chi connectivity index (χ0v) is 11.2. The van der Waals surface area contributed by atoms with Crippen LogP contribution in [0.4, 0.5) is 4.39 Å². The number of rotatable bonds is 1. The molecule has 1 aliphatic heterocycles. The zero-order valence-electron chi connectivity index (χ0n) is 9.66. The first kappa shape index (κ1) is 12.9. The van der Waals surface area contributed by atoms with Crippen LogP contribution >= 0.6 is 23.2 Å². The van der Waals surface area contributed by atoms with Gasteiger partial charge in [0.25, 0.3) is 0 Å². The van der Waals surface area contributed by atoms with Gasteiger partial charge in [-0.05, 0) is 34.8 Å². The van der Waals surface area contributed by atoms with Crippen molar-refractivity contribution < 1.29 is 14.1 Å². The van der Waals surface area contributed by atoms with Crippen LogP contribution < -0.4 is 5.46 Å². The minimum Gasteiger partial charge on any atom is -0.423 e. The summed E-state index contributed by atoms with van der Waals surface area (Å²) in [6.45, 7) is 0.217. The molecule has 0 unspecified atom stereocenters. The van der Waals surface area contributed by atoms with E-state index in [4.69, 9.17) is 27.9 Å². The summed E-state index contributed by atoms with van der Waals surface area (Å²) in [4.78, 5) is 0. The Labute approximate surface area is 119 Å². The third kappa shape index (κ3) is 2.25. The van der Waals surface area contributed by atoms with Crippen molar-refractivity contribution in [1.29, 1.82) is 0 Å². The van der Waals surface area contributed by atoms with Crippen LogP contribution in [0.3, 0.4) is 0 Å². The molecule has 2 aromatic rings. The van der Waals surface area contributed by atoms with Crippen LogP contribution in [0.1, 0.15) is 5.56 Å². The molecule has 0 saturated carbocycles. The Morgan fingerprint density at radius 3 is 2.68 bits per heavy atom. The van der Waals surface area contributed by atoms with Crippen molar-refractivity contribution in [1.82, 2.24) is 0 Å². The monoisotopic (exact) mass is 296 g/mol. The summed E-state index contributed by atoms with van der Waals surface area (Å²) in [5, 5.41) is 10.4. The van der Waals surface area contributed by atoms with Gasteiger partial charge in [-0.15, -0.1) is 0 Å². The van der Waals surface area contributed by atoms with Gasteiger partial charge in [0.05, 0.1) is 16.7 Å². The molecule has 96 valence electrons. The van der Waals surface area contributed by atoms with Gasteiger partial charge in [0.15, 0.2) is 0 Å². The first-order valence-electron chi connectivity index (χ1n) is 5.63. The molecule has 6 heteroatoms. The Hall–Kier alpha value is -1.07. The fourth-order valence-electron chi connectivity index (χ4n) is 2.13. The van der Waals surface area contributed by atoms with E-state index in [1.54, 1.807) is 24.3 Å². The normalized spacial score (nSPS) is 13.8. The van der Waals surface area contributed by atoms with Crippen molar-refractivity contribution in [2.75, 3.05) is 0 Å². The second-order valence-corrected chi connectivity index (χ2v) is 5.14. The first-order chi connectivity index (χ1) is 9.06. The van der Waals surface area contributed by atoms with Gasteiger partial charge in [-0.25, -0.2) is 4.39 Å². The third-order valence-electron chi connectivity index (χ3n) is 3.12. The second kappa shape index (κ2) is 4.80. The van der Waals surface area contributed by atoms with Gasteiger partial charge in [-0.1, -0.05) is 35.3 Å². The molecular formula is C13H8BCl2FO2. The highest BCUT2D eigenvalue weighted by Gasteiger charge is 2.28. The molecule has 0 spiro atoms. The molecule has 0 aromatic heterocycles. The molecule has 2 aromatic carbocycles. The molecule has 3 rings (SSSR count). The molecule has 2 nitrogen and oxygen atoms in total. The van der Waals surface area contributed by atoms with Crippen LogP contribution in [0.2, 0.25) is 10.0 Å². The van der Waals surface area contributed by atoms with Gasteiger partial charge in [0, 0.05) is 5.56 Å². The largest absolute Gasteiger partial charge is 0.491 e. The minimum absolute atomic E-state index is 0.217. The Morgan fingerprint density at radius 1 is 1.16 bits per heavy atom. The Morgan fingerprint density at radius 2 is 1.95 bits per heavy atom. The van der Waals surface area contributed by atoms with Crippen LogP contribution in [0.5, 0.6) is 0 Å². The number of fused-ring (bicyclic) bond motifs is 1. The van der Waals surface area contributed by atoms with E-state index in [-0.39, 0.29) is 12.4 Å². The van der Waals surface area contributed by atoms with E-state index in [9.17, 15) is 9.41 Å². The standard InChI is InChI=1S/C13H8BCl2FO2/c15-11-2-1-7(3-12(11)16)9-5-10-8(4-13(9)17)6-19-14(10)18/h1-5,18H,6H2. The molecule has 0 amide bonds. The lowest BCUT2D eigenvalue weighted by Gasteiger charge is -2.08. The molecule has 19 heavy (non-hydrogen) atoms. The average Bonchev–Trinajstić information content (AvgIpc) is 2.73. The lowest BCUT2D eigenvalue weighted by molar-refractivity contribution is 0.275. The van der Waals surface area contributed by atoms with Crippen LogP contribution in [0.15, 0.2) is 30.3 Å². The number of halogens is 3. The first-order valence-corrected chi connectivity index (χ1v) is 6.39. The molecule has 1 heterocycles. The highest BCUT2D eigenvalue weighted by Crippen LogP contribution is 2.30. The van der Waals surface area contributed by atoms with E-state index in [0.717, 1.165) is 0 Å². The smallest absolute Gasteiger partial charge is 0.423 e. The summed E-state index contributed by atoms with van der Waals surface area (Å²) in [5.74, 6) is -0.380. The van der Waals surface area contributed by atoms with Gasteiger partial charge in [-0.2, -0.15) is 0 Å². The summed E-state index contributed by atoms with van der Waals surface area (Å²) < 4.78 is 19.1. The fourth-order valence-corrected chi connectivity index (χ4v) is 2.43. The fraction of sp³-hybridized carbons (Fsp3) is 0.0769. The quantitative estimate of drug-likeness (QED) is 0.820. The summed E-state index contributed by atoms with van der Waals surface area (Å²) >= 11 is 11.8. The lowest BCUT2D eigenvalue weighted by Crippen LogP contribution is -2.28. The number of hydrogen-bond acceptors (Lipinski definition) is 2. The van der Waals surface area contributed by atoms with Crippen LogP contribution in [-0.2, 0) is 11.3 Å². The summed E-state index contributed by atoms with van der Waals surface area (Å²) in [6.07, 6.45) is 0. The van der Waals surface area contributed by atoms with Gasteiger partial charge >= 0.3 is 7.12 Å². The van der Waals surface area contributed by atoms with E-state index in [1.165, 1.54) is 6.07 Å². The molecule has 0 bridgehead atoms. The van der Waals surface area contributed by atoms with E-state index >= 15 is 0 Å². The second-order valence-electron chi connectivity index (χ2n) is 4.32. The average molecular weight is 297 g/mol. The molecule has 1 aliphatic rings. The predicted octanol–water partition coefficient (Wildman–Crippen LogP) is 3.02. The van der Waals surface area contributed by atoms with E-state index in [0.29, 0.717) is 32.2 Å². The van der Waals surface area contributed by atoms with Crippen molar-refractivity contribution in [2.24, 2.45) is 0 Å². The van der Waals surface area contributed by atoms with Crippen LogP contribution in [0, 0.1) is 5.82 Å². The summed E-state index contributed by atoms with van der Waals surface area (Å²) in [7, 11) is -1.00. The van der Waals surface area contributed by atoms with E-state index in [2.05, 4.69) is 0 Å². The zero-order chi connectivity index (χ0) is 13.6. The van der Waals surface area contributed by atoms with Gasteiger partial charge in [-0.3, -0.25) is 0 Å². The van der Waals surface area contributed by atoms with Crippen molar-refractivity contribution >= 4 is 35.8 Å². The number of benzene rings is 2. The molecule has 0 radical (unpaired) electrons. The Bertz CT molecular complexity index is 663. The molecule has 0 aliphatic carbocycles. The maximum absolute atomic E-state index is 14.1. The highest BCUT2D eigenvalue weighted by molar-refractivity contribution is 6.61. The highest BCUT2D eigenvalue weighted by atomic mass is 35.5. The molecule has 0 saturated heterocycles. The topological polar surface area (TPSA) is 29.5 Å². The van der Waals surface area contributed by atoms with Gasteiger partial charge in [0.2, 0.25) is 0 Å². The third-order valence-corrected chi connectivity index (χ3v) is 3.86. The summed E-state index contributed by atoms with van der Waals surface area (Å²) in [5.41, 5.74) is 2.21. The maximum Gasteiger partial charge on any atom is 0.491 e. The molecular weight excluding hydrogens is 289 g/mol. The SMILES string of the molecule is OB1OCc2cc(F)c(-c3ccc(Cl)c(Cl)c3)cc21.